The molecule has 5 nitrogen and oxygen atoms in total. The second-order valence-corrected chi connectivity index (χ2v) is 8.02. The number of hydrogen-bond donors (Lipinski definition) is 1. The fraction of sp³-hybridized carbons (Fsp3) is 0.238. The SMILES string of the molecule is O=C(NCC1CCCO1)c1cc2cc(Br)ccc2oc1=Nc1cc(F)ccc1Cl. The van der Waals surface area contributed by atoms with Gasteiger partial charge in [-0.25, -0.2) is 9.38 Å². The molecule has 1 fully saturated rings. The molecule has 1 aromatic heterocycles. The van der Waals surface area contributed by atoms with Crippen LogP contribution in [0.4, 0.5) is 10.1 Å². The van der Waals surface area contributed by atoms with Gasteiger partial charge < -0.3 is 14.5 Å². The highest BCUT2D eigenvalue weighted by Crippen LogP contribution is 2.26. The standard InChI is InChI=1S/C21H17BrClFN2O3/c22-13-3-6-19-12(8-13)9-16(20(27)25-11-15-2-1-7-28-15)21(29-19)26-18-10-14(24)4-5-17(18)23/h3-6,8-10,15H,1-2,7,11H2,(H,25,27). The van der Waals surface area contributed by atoms with E-state index < -0.39 is 5.82 Å². The molecule has 1 aliphatic heterocycles. The maximum Gasteiger partial charge on any atom is 0.256 e. The van der Waals surface area contributed by atoms with Crippen LogP contribution in [0.2, 0.25) is 5.02 Å². The first-order chi connectivity index (χ1) is 14.0. The van der Waals surface area contributed by atoms with Crippen LogP contribution < -0.4 is 10.9 Å². The van der Waals surface area contributed by atoms with E-state index in [4.69, 9.17) is 20.8 Å². The molecule has 0 saturated carbocycles. The van der Waals surface area contributed by atoms with E-state index in [0.29, 0.717) is 18.7 Å². The Morgan fingerprint density at radius 2 is 2.14 bits per heavy atom. The lowest BCUT2D eigenvalue weighted by Crippen LogP contribution is -2.34. The predicted molar refractivity (Wildman–Crippen MR) is 112 cm³/mol. The average molecular weight is 480 g/mol. The molecule has 0 spiro atoms. The van der Waals surface area contributed by atoms with Gasteiger partial charge in [-0.2, -0.15) is 0 Å². The van der Waals surface area contributed by atoms with Crippen molar-refractivity contribution >= 4 is 50.1 Å². The number of ether oxygens (including phenoxy) is 1. The van der Waals surface area contributed by atoms with Gasteiger partial charge in [0.1, 0.15) is 17.0 Å². The van der Waals surface area contributed by atoms with Gasteiger partial charge >= 0.3 is 0 Å². The summed E-state index contributed by atoms with van der Waals surface area (Å²) in [5.74, 6) is -0.834. The van der Waals surface area contributed by atoms with Crippen molar-refractivity contribution in [1.29, 1.82) is 0 Å². The summed E-state index contributed by atoms with van der Waals surface area (Å²) in [4.78, 5) is 17.2. The summed E-state index contributed by atoms with van der Waals surface area (Å²) in [5, 5.41) is 3.85. The van der Waals surface area contributed by atoms with Crippen LogP contribution in [0.5, 0.6) is 0 Å². The van der Waals surface area contributed by atoms with Gasteiger partial charge in [0, 0.05) is 29.1 Å². The van der Waals surface area contributed by atoms with E-state index in [0.717, 1.165) is 22.7 Å². The number of halogens is 3. The Labute approximate surface area is 179 Å². The molecule has 29 heavy (non-hydrogen) atoms. The van der Waals surface area contributed by atoms with Crippen LogP contribution in [-0.4, -0.2) is 25.2 Å². The molecule has 2 aromatic carbocycles. The first-order valence-electron chi connectivity index (χ1n) is 9.12. The molecule has 150 valence electrons. The number of carbonyl (C=O) groups excluding carboxylic acids is 1. The van der Waals surface area contributed by atoms with Crippen LogP contribution in [0.15, 0.2) is 56.3 Å². The van der Waals surface area contributed by atoms with Crippen LogP contribution in [0.3, 0.4) is 0 Å². The third kappa shape index (κ3) is 4.69. The van der Waals surface area contributed by atoms with Crippen molar-refractivity contribution in [2.24, 2.45) is 4.99 Å². The molecule has 3 aromatic rings. The van der Waals surface area contributed by atoms with Crippen molar-refractivity contribution in [1.82, 2.24) is 5.32 Å². The largest absolute Gasteiger partial charge is 0.438 e. The number of hydrogen-bond acceptors (Lipinski definition) is 4. The summed E-state index contributed by atoms with van der Waals surface area (Å²) in [6.45, 7) is 1.11. The number of carbonyl (C=O) groups is 1. The van der Waals surface area contributed by atoms with Crippen LogP contribution in [0.1, 0.15) is 23.2 Å². The Hall–Kier alpha value is -2.22. The number of rotatable bonds is 4. The number of benzene rings is 2. The van der Waals surface area contributed by atoms with E-state index in [1.165, 1.54) is 18.2 Å². The summed E-state index contributed by atoms with van der Waals surface area (Å²) in [6, 6.07) is 11.0. The Morgan fingerprint density at radius 3 is 2.93 bits per heavy atom. The minimum atomic E-state index is -0.484. The summed E-state index contributed by atoms with van der Waals surface area (Å²) in [5.41, 5.74) is 1.00. The van der Waals surface area contributed by atoms with Crippen molar-refractivity contribution in [3.05, 3.63) is 68.9 Å². The van der Waals surface area contributed by atoms with Crippen molar-refractivity contribution in [2.45, 2.75) is 18.9 Å². The molecule has 1 amide bonds. The maximum absolute atomic E-state index is 13.7. The molecule has 0 radical (unpaired) electrons. The normalized spacial score (nSPS) is 17.1. The third-order valence-electron chi connectivity index (χ3n) is 4.60. The van der Waals surface area contributed by atoms with Crippen LogP contribution in [0, 0.1) is 5.82 Å². The molecule has 4 rings (SSSR count). The molecule has 1 saturated heterocycles. The van der Waals surface area contributed by atoms with Crippen LogP contribution in [-0.2, 0) is 4.74 Å². The van der Waals surface area contributed by atoms with Crippen LogP contribution >= 0.6 is 27.5 Å². The maximum atomic E-state index is 13.7. The fourth-order valence-corrected chi connectivity index (χ4v) is 3.67. The minimum Gasteiger partial charge on any atom is -0.438 e. The van der Waals surface area contributed by atoms with E-state index in [2.05, 4.69) is 26.2 Å². The average Bonchev–Trinajstić information content (AvgIpc) is 3.22. The quantitative estimate of drug-likeness (QED) is 0.564. The first kappa shape index (κ1) is 20.1. The zero-order valence-corrected chi connectivity index (χ0v) is 17.6. The zero-order chi connectivity index (χ0) is 20.4. The fourth-order valence-electron chi connectivity index (χ4n) is 3.14. The minimum absolute atomic E-state index is 0.00328. The second kappa shape index (κ2) is 8.65. The molecule has 1 atom stereocenters. The van der Waals surface area contributed by atoms with Crippen LogP contribution in [0.25, 0.3) is 11.0 Å². The molecule has 0 aliphatic carbocycles. The number of nitrogens with zero attached hydrogens (tertiary/aromatic N) is 1. The van der Waals surface area contributed by atoms with Crippen molar-refractivity contribution in [3.8, 4) is 0 Å². The van der Waals surface area contributed by atoms with E-state index in [1.54, 1.807) is 12.1 Å². The Bertz CT molecular complexity index is 1140. The predicted octanol–water partition coefficient (Wildman–Crippen LogP) is 5.13. The third-order valence-corrected chi connectivity index (χ3v) is 5.41. The van der Waals surface area contributed by atoms with Crippen molar-refractivity contribution in [3.63, 3.8) is 0 Å². The first-order valence-corrected chi connectivity index (χ1v) is 10.3. The lowest BCUT2D eigenvalue weighted by molar-refractivity contribution is 0.0854. The second-order valence-electron chi connectivity index (χ2n) is 6.70. The smallest absolute Gasteiger partial charge is 0.256 e. The van der Waals surface area contributed by atoms with Gasteiger partial charge in [0.25, 0.3) is 5.91 Å². The number of nitrogens with one attached hydrogen (secondary N) is 1. The zero-order valence-electron chi connectivity index (χ0n) is 15.3. The summed E-state index contributed by atoms with van der Waals surface area (Å²) in [6.07, 6.45) is 1.90. The Morgan fingerprint density at radius 1 is 1.28 bits per heavy atom. The highest BCUT2D eigenvalue weighted by Gasteiger charge is 2.19. The molecule has 1 aliphatic rings. The van der Waals surface area contributed by atoms with Gasteiger partial charge in [0.05, 0.1) is 16.8 Å². The van der Waals surface area contributed by atoms with Gasteiger partial charge in [-0.05, 0) is 49.2 Å². The van der Waals surface area contributed by atoms with Crippen molar-refractivity contribution < 1.29 is 18.3 Å². The highest BCUT2D eigenvalue weighted by molar-refractivity contribution is 9.10. The van der Waals surface area contributed by atoms with E-state index in [9.17, 15) is 9.18 Å². The molecule has 1 N–H and O–H groups in total. The summed E-state index contributed by atoms with van der Waals surface area (Å²) in [7, 11) is 0. The van der Waals surface area contributed by atoms with Gasteiger partial charge in [0.15, 0.2) is 0 Å². The topological polar surface area (TPSA) is 63.8 Å². The summed E-state index contributed by atoms with van der Waals surface area (Å²) < 4.78 is 25.9. The molecular formula is C21H17BrClFN2O3. The van der Waals surface area contributed by atoms with Gasteiger partial charge in [0.2, 0.25) is 5.55 Å². The molecule has 0 bridgehead atoms. The molecule has 2 heterocycles. The molecular weight excluding hydrogens is 463 g/mol. The van der Waals surface area contributed by atoms with E-state index >= 15 is 0 Å². The van der Waals surface area contributed by atoms with Gasteiger partial charge in [-0.1, -0.05) is 27.5 Å². The van der Waals surface area contributed by atoms with Gasteiger partial charge in [-0.15, -0.1) is 0 Å². The molecule has 8 heteroatoms. The van der Waals surface area contributed by atoms with Gasteiger partial charge in [-0.3, -0.25) is 4.79 Å². The molecule has 1 unspecified atom stereocenters. The van der Waals surface area contributed by atoms with E-state index in [-0.39, 0.29) is 33.8 Å². The summed E-state index contributed by atoms with van der Waals surface area (Å²) >= 11 is 9.56. The number of amides is 1. The monoisotopic (exact) mass is 478 g/mol. The van der Waals surface area contributed by atoms with E-state index in [1.807, 2.05) is 12.1 Å². The Balaban J connectivity index is 1.79. The lowest BCUT2D eigenvalue weighted by Gasteiger charge is -2.11. The lowest BCUT2D eigenvalue weighted by atomic mass is 10.1. The Kier molecular flexibility index (Phi) is 5.99. The number of fused-ring (bicyclic) bond motifs is 1. The van der Waals surface area contributed by atoms with Crippen molar-refractivity contribution in [2.75, 3.05) is 13.2 Å². The highest BCUT2D eigenvalue weighted by atomic mass is 79.9.